The lowest BCUT2D eigenvalue weighted by Gasteiger charge is -2.12. The predicted molar refractivity (Wildman–Crippen MR) is 84.2 cm³/mol. The number of hydrogen-bond donors (Lipinski definition) is 2. The van der Waals surface area contributed by atoms with E-state index in [0.29, 0.717) is 10.4 Å². The highest BCUT2D eigenvalue weighted by molar-refractivity contribution is 7.93. The molecule has 0 bridgehead atoms. The molecule has 1 aromatic heterocycles. The number of benzene rings is 1. The maximum Gasteiger partial charge on any atom is 0.263 e. The fourth-order valence-electron chi connectivity index (χ4n) is 1.77. The molecule has 4 nitrogen and oxygen atoms in total. The van der Waals surface area contributed by atoms with Gasteiger partial charge in [-0.3, -0.25) is 4.72 Å². The van der Waals surface area contributed by atoms with Crippen LogP contribution in [-0.2, 0) is 16.6 Å². The Bertz CT molecular complexity index is 722. The van der Waals surface area contributed by atoms with Crippen molar-refractivity contribution in [3.05, 3.63) is 44.1 Å². The number of para-hydroxylation sites is 1. The fraction of sp³-hybridized carbons (Fsp3) is 0.167. The van der Waals surface area contributed by atoms with Crippen molar-refractivity contribution in [2.75, 3.05) is 4.72 Å². The lowest BCUT2D eigenvalue weighted by molar-refractivity contribution is 0.600. The third-order valence-electron chi connectivity index (χ3n) is 2.64. The van der Waals surface area contributed by atoms with E-state index in [-0.39, 0.29) is 27.2 Å². The molecule has 0 aliphatic carbocycles. The summed E-state index contributed by atoms with van der Waals surface area (Å²) in [5.41, 5.74) is 6.40. The summed E-state index contributed by atoms with van der Waals surface area (Å²) in [6.07, 6.45) is 0. The monoisotopic (exact) mass is 350 g/mol. The van der Waals surface area contributed by atoms with Crippen molar-refractivity contribution in [1.29, 1.82) is 0 Å². The van der Waals surface area contributed by atoms with Gasteiger partial charge < -0.3 is 5.73 Å². The Labute approximate surface area is 131 Å². The molecule has 0 radical (unpaired) electrons. The summed E-state index contributed by atoms with van der Waals surface area (Å²) in [5, 5.41) is 2.23. The maximum atomic E-state index is 12.5. The normalized spacial score (nSPS) is 11.6. The zero-order chi connectivity index (χ0) is 14.9. The Hall–Kier alpha value is -0.790. The van der Waals surface area contributed by atoms with E-state index in [1.54, 1.807) is 30.5 Å². The lowest BCUT2D eigenvalue weighted by Crippen LogP contribution is -2.16. The molecule has 20 heavy (non-hydrogen) atoms. The minimum atomic E-state index is -3.78. The van der Waals surface area contributed by atoms with Gasteiger partial charge in [0.25, 0.3) is 10.0 Å². The Balaban J connectivity index is 2.49. The molecule has 108 valence electrons. The number of anilines is 1. The molecule has 0 atom stereocenters. The number of halogens is 2. The summed E-state index contributed by atoms with van der Waals surface area (Å²) < 4.78 is 27.4. The van der Waals surface area contributed by atoms with Gasteiger partial charge in [0, 0.05) is 11.4 Å². The van der Waals surface area contributed by atoms with E-state index >= 15 is 0 Å². The molecule has 2 aromatic rings. The number of aryl methyl sites for hydroxylation is 1. The highest BCUT2D eigenvalue weighted by atomic mass is 35.5. The van der Waals surface area contributed by atoms with E-state index in [9.17, 15) is 8.42 Å². The second kappa shape index (κ2) is 5.91. The van der Waals surface area contributed by atoms with Gasteiger partial charge in [0.05, 0.1) is 15.7 Å². The first kappa shape index (κ1) is 15.6. The van der Waals surface area contributed by atoms with Crippen LogP contribution in [0.1, 0.15) is 10.4 Å². The van der Waals surface area contributed by atoms with Crippen molar-refractivity contribution in [3.8, 4) is 0 Å². The minimum Gasteiger partial charge on any atom is -0.326 e. The van der Waals surface area contributed by atoms with Crippen LogP contribution in [0.3, 0.4) is 0 Å². The van der Waals surface area contributed by atoms with Crippen LogP contribution in [0.2, 0.25) is 10.0 Å². The van der Waals surface area contributed by atoms with Crippen molar-refractivity contribution in [2.45, 2.75) is 18.4 Å². The van der Waals surface area contributed by atoms with Gasteiger partial charge in [-0.15, -0.1) is 11.3 Å². The number of sulfonamides is 1. The van der Waals surface area contributed by atoms with Crippen molar-refractivity contribution in [2.24, 2.45) is 5.73 Å². The maximum absolute atomic E-state index is 12.5. The SMILES string of the molecule is Cc1csc(CN)c1S(=O)(=O)Nc1c(Cl)cccc1Cl. The van der Waals surface area contributed by atoms with E-state index in [1.807, 2.05) is 0 Å². The lowest BCUT2D eigenvalue weighted by atomic mass is 10.3. The smallest absolute Gasteiger partial charge is 0.263 e. The Kier molecular flexibility index (Phi) is 4.61. The molecular weight excluding hydrogens is 339 g/mol. The summed E-state index contributed by atoms with van der Waals surface area (Å²) in [4.78, 5) is 0.791. The van der Waals surface area contributed by atoms with Crippen LogP contribution in [0.25, 0.3) is 0 Å². The molecule has 0 amide bonds. The Morgan fingerprint density at radius 2 is 1.90 bits per heavy atom. The first-order valence-electron chi connectivity index (χ1n) is 5.60. The molecule has 1 aromatic carbocycles. The topological polar surface area (TPSA) is 72.2 Å². The minimum absolute atomic E-state index is 0.158. The van der Waals surface area contributed by atoms with E-state index in [4.69, 9.17) is 28.9 Å². The molecule has 0 aliphatic heterocycles. The van der Waals surface area contributed by atoms with Crippen LogP contribution in [0.4, 0.5) is 5.69 Å². The van der Waals surface area contributed by atoms with Crippen LogP contribution in [0.5, 0.6) is 0 Å². The van der Waals surface area contributed by atoms with Crippen LogP contribution >= 0.6 is 34.5 Å². The van der Waals surface area contributed by atoms with Gasteiger partial charge in [0.1, 0.15) is 4.90 Å². The average Bonchev–Trinajstić information content (AvgIpc) is 2.76. The molecule has 0 spiro atoms. The molecule has 0 fully saturated rings. The van der Waals surface area contributed by atoms with Gasteiger partial charge >= 0.3 is 0 Å². The zero-order valence-electron chi connectivity index (χ0n) is 10.5. The molecule has 2 rings (SSSR count). The van der Waals surface area contributed by atoms with Crippen molar-refractivity contribution in [1.82, 2.24) is 0 Å². The first-order valence-corrected chi connectivity index (χ1v) is 8.72. The largest absolute Gasteiger partial charge is 0.326 e. The van der Waals surface area contributed by atoms with Gasteiger partial charge in [-0.2, -0.15) is 0 Å². The summed E-state index contributed by atoms with van der Waals surface area (Å²) in [6.45, 7) is 1.88. The standard InChI is InChI=1S/C12H12Cl2N2O2S2/c1-7-6-19-10(5-15)12(7)20(17,18)16-11-8(13)3-2-4-9(11)14/h2-4,6,16H,5,15H2,1H3. The van der Waals surface area contributed by atoms with Gasteiger partial charge in [-0.1, -0.05) is 29.3 Å². The summed E-state index contributed by atoms with van der Waals surface area (Å²) in [7, 11) is -3.78. The second-order valence-electron chi connectivity index (χ2n) is 4.08. The molecule has 0 aliphatic rings. The summed E-state index contributed by atoms with van der Waals surface area (Å²) in [6, 6.07) is 4.77. The summed E-state index contributed by atoms with van der Waals surface area (Å²) in [5.74, 6) is 0. The molecule has 0 saturated heterocycles. The van der Waals surface area contributed by atoms with Crippen LogP contribution < -0.4 is 10.5 Å². The van der Waals surface area contributed by atoms with Crippen LogP contribution in [0.15, 0.2) is 28.5 Å². The Morgan fingerprint density at radius 1 is 1.30 bits per heavy atom. The Morgan fingerprint density at radius 3 is 2.45 bits per heavy atom. The number of thiophene rings is 1. The van der Waals surface area contributed by atoms with Crippen LogP contribution in [0, 0.1) is 6.92 Å². The molecule has 1 heterocycles. The number of rotatable bonds is 4. The van der Waals surface area contributed by atoms with E-state index in [0.717, 1.165) is 0 Å². The highest BCUT2D eigenvalue weighted by Crippen LogP contribution is 2.34. The summed E-state index contributed by atoms with van der Waals surface area (Å²) >= 11 is 13.3. The van der Waals surface area contributed by atoms with Crippen LogP contribution in [-0.4, -0.2) is 8.42 Å². The first-order chi connectivity index (χ1) is 9.36. The number of nitrogens with two attached hydrogens (primary N) is 1. The number of nitrogens with one attached hydrogen (secondary N) is 1. The van der Waals surface area contributed by atoms with E-state index in [1.165, 1.54) is 11.3 Å². The van der Waals surface area contributed by atoms with Crippen molar-refractivity contribution < 1.29 is 8.42 Å². The van der Waals surface area contributed by atoms with E-state index < -0.39 is 10.0 Å². The third-order valence-corrected chi connectivity index (χ3v) is 6.11. The van der Waals surface area contributed by atoms with Gasteiger partial charge in [-0.05, 0) is 30.0 Å². The zero-order valence-corrected chi connectivity index (χ0v) is 13.6. The molecule has 0 unspecified atom stereocenters. The number of hydrogen-bond acceptors (Lipinski definition) is 4. The van der Waals surface area contributed by atoms with E-state index in [2.05, 4.69) is 4.72 Å². The van der Waals surface area contributed by atoms with Crippen molar-refractivity contribution >= 4 is 50.2 Å². The van der Waals surface area contributed by atoms with Gasteiger partial charge in [0.2, 0.25) is 0 Å². The van der Waals surface area contributed by atoms with Gasteiger partial charge in [0.15, 0.2) is 0 Å². The van der Waals surface area contributed by atoms with Crippen molar-refractivity contribution in [3.63, 3.8) is 0 Å². The fourth-order valence-corrected chi connectivity index (χ4v) is 5.18. The highest BCUT2D eigenvalue weighted by Gasteiger charge is 2.24. The molecule has 0 saturated carbocycles. The van der Waals surface area contributed by atoms with Gasteiger partial charge in [-0.25, -0.2) is 8.42 Å². The quantitative estimate of drug-likeness (QED) is 0.884. The average molecular weight is 351 g/mol. The molecular formula is C12H12Cl2N2O2S2. The third kappa shape index (κ3) is 2.94. The molecule has 8 heteroatoms. The molecule has 3 N–H and O–H groups in total. The predicted octanol–water partition coefficient (Wildman–Crippen LogP) is 3.62. The second-order valence-corrected chi connectivity index (χ2v) is 7.48.